The molecule has 3 aromatic rings. The highest BCUT2D eigenvalue weighted by Gasteiger charge is 2.09. The zero-order valence-corrected chi connectivity index (χ0v) is 13.9. The maximum Gasteiger partial charge on any atom is 0.0780 e. The summed E-state index contributed by atoms with van der Waals surface area (Å²) in [4.78, 5) is 4.69. The van der Waals surface area contributed by atoms with E-state index in [4.69, 9.17) is 0 Å². The molecule has 22 heavy (non-hydrogen) atoms. The number of nitrogens with zero attached hydrogens (tertiary/aromatic N) is 1. The molecule has 0 aliphatic carbocycles. The van der Waals surface area contributed by atoms with Gasteiger partial charge in [-0.1, -0.05) is 43.2 Å². The summed E-state index contributed by atoms with van der Waals surface area (Å²) in [7, 11) is 0. The van der Waals surface area contributed by atoms with Gasteiger partial charge in [0.2, 0.25) is 0 Å². The molecule has 0 saturated heterocycles. The molecule has 0 spiro atoms. The molecule has 0 fully saturated rings. The SMILES string of the molecule is CCC(C)c1ccc2ccnc(-c3cc(C)cc(C)c3)c2c1. The fourth-order valence-electron chi connectivity index (χ4n) is 3.07. The molecule has 0 bridgehead atoms. The predicted molar refractivity (Wildman–Crippen MR) is 95.4 cm³/mol. The van der Waals surface area contributed by atoms with E-state index < -0.39 is 0 Å². The lowest BCUT2D eigenvalue weighted by Gasteiger charge is -2.13. The van der Waals surface area contributed by atoms with Crippen LogP contribution in [0, 0.1) is 13.8 Å². The van der Waals surface area contributed by atoms with Crippen molar-refractivity contribution in [1.29, 1.82) is 0 Å². The number of hydrogen-bond acceptors (Lipinski definition) is 1. The Morgan fingerprint density at radius 2 is 1.68 bits per heavy atom. The number of aryl methyl sites for hydroxylation is 2. The van der Waals surface area contributed by atoms with Gasteiger partial charge in [-0.15, -0.1) is 0 Å². The van der Waals surface area contributed by atoms with Crippen LogP contribution >= 0.6 is 0 Å². The first-order chi connectivity index (χ1) is 10.6. The van der Waals surface area contributed by atoms with Gasteiger partial charge in [-0.25, -0.2) is 0 Å². The molecule has 1 unspecified atom stereocenters. The average molecular weight is 289 g/mol. The van der Waals surface area contributed by atoms with Crippen molar-refractivity contribution in [2.45, 2.75) is 40.0 Å². The lowest BCUT2D eigenvalue weighted by molar-refractivity contribution is 0.735. The first-order valence-corrected chi connectivity index (χ1v) is 8.06. The van der Waals surface area contributed by atoms with Gasteiger partial charge >= 0.3 is 0 Å². The van der Waals surface area contributed by atoms with Crippen molar-refractivity contribution < 1.29 is 0 Å². The molecule has 0 aliphatic rings. The van der Waals surface area contributed by atoms with Gasteiger partial charge in [0.25, 0.3) is 0 Å². The Bertz CT molecular complexity index is 797. The zero-order valence-electron chi connectivity index (χ0n) is 13.9. The van der Waals surface area contributed by atoms with Gasteiger partial charge in [-0.05, 0) is 61.4 Å². The van der Waals surface area contributed by atoms with Crippen LogP contribution in [-0.4, -0.2) is 4.98 Å². The second kappa shape index (κ2) is 5.92. The summed E-state index contributed by atoms with van der Waals surface area (Å²) in [5.41, 5.74) is 6.27. The van der Waals surface area contributed by atoms with E-state index in [1.165, 1.54) is 33.0 Å². The molecule has 0 saturated carbocycles. The fourth-order valence-corrected chi connectivity index (χ4v) is 3.07. The topological polar surface area (TPSA) is 12.9 Å². The molecule has 112 valence electrons. The highest BCUT2D eigenvalue weighted by atomic mass is 14.7. The van der Waals surface area contributed by atoms with Gasteiger partial charge in [0, 0.05) is 17.1 Å². The van der Waals surface area contributed by atoms with E-state index in [1.54, 1.807) is 0 Å². The number of pyridine rings is 1. The molecule has 0 radical (unpaired) electrons. The lowest BCUT2D eigenvalue weighted by Crippen LogP contribution is -1.93. The molecule has 1 nitrogen and oxygen atoms in total. The standard InChI is InChI=1S/C21H23N/c1-5-16(4)18-7-6-17-8-9-22-21(20(17)13-18)19-11-14(2)10-15(3)12-19/h6-13,16H,5H2,1-4H3. The normalized spacial score (nSPS) is 12.5. The monoisotopic (exact) mass is 289 g/mol. The maximum atomic E-state index is 4.69. The molecule has 1 atom stereocenters. The first-order valence-electron chi connectivity index (χ1n) is 8.06. The Labute approximate surface area is 133 Å². The van der Waals surface area contributed by atoms with Crippen molar-refractivity contribution in [2.24, 2.45) is 0 Å². The number of aromatic nitrogens is 1. The first kappa shape index (κ1) is 14.8. The predicted octanol–water partition coefficient (Wildman–Crippen LogP) is 6.03. The van der Waals surface area contributed by atoms with Gasteiger partial charge in [0.05, 0.1) is 5.69 Å². The summed E-state index contributed by atoms with van der Waals surface area (Å²) in [5.74, 6) is 0.580. The second-order valence-electron chi connectivity index (χ2n) is 6.33. The summed E-state index contributed by atoms with van der Waals surface area (Å²) in [6.45, 7) is 8.81. The molecule has 3 rings (SSSR count). The van der Waals surface area contributed by atoms with E-state index >= 15 is 0 Å². The van der Waals surface area contributed by atoms with E-state index in [9.17, 15) is 0 Å². The molecule has 1 heterocycles. The van der Waals surface area contributed by atoms with Gasteiger partial charge in [-0.2, -0.15) is 0 Å². The summed E-state index contributed by atoms with van der Waals surface area (Å²) < 4.78 is 0. The largest absolute Gasteiger partial charge is 0.256 e. The van der Waals surface area contributed by atoms with Crippen LogP contribution in [0.1, 0.15) is 42.9 Å². The van der Waals surface area contributed by atoms with Gasteiger partial charge < -0.3 is 0 Å². The van der Waals surface area contributed by atoms with Crippen LogP contribution < -0.4 is 0 Å². The minimum Gasteiger partial charge on any atom is -0.256 e. The van der Waals surface area contributed by atoms with Crippen LogP contribution in [0.2, 0.25) is 0 Å². The van der Waals surface area contributed by atoms with Crippen molar-refractivity contribution in [2.75, 3.05) is 0 Å². The molecule has 2 aromatic carbocycles. The number of benzene rings is 2. The highest BCUT2D eigenvalue weighted by molar-refractivity contribution is 5.95. The third-order valence-corrected chi connectivity index (χ3v) is 4.47. The summed E-state index contributed by atoms with van der Waals surface area (Å²) >= 11 is 0. The maximum absolute atomic E-state index is 4.69. The van der Waals surface area contributed by atoms with E-state index in [2.05, 4.69) is 75.1 Å². The third kappa shape index (κ3) is 2.76. The molecule has 0 N–H and O–H groups in total. The van der Waals surface area contributed by atoms with Crippen LogP contribution in [0.5, 0.6) is 0 Å². The average Bonchev–Trinajstić information content (AvgIpc) is 2.52. The van der Waals surface area contributed by atoms with Crippen molar-refractivity contribution in [3.05, 3.63) is 65.4 Å². The third-order valence-electron chi connectivity index (χ3n) is 4.47. The van der Waals surface area contributed by atoms with Gasteiger partial charge in [0.15, 0.2) is 0 Å². The molecular weight excluding hydrogens is 266 g/mol. The molecule has 0 amide bonds. The van der Waals surface area contributed by atoms with Crippen LogP contribution in [0.4, 0.5) is 0 Å². The van der Waals surface area contributed by atoms with E-state index in [1.807, 2.05) is 6.20 Å². The zero-order chi connectivity index (χ0) is 15.7. The number of hydrogen-bond donors (Lipinski definition) is 0. The Balaban J connectivity index is 2.24. The van der Waals surface area contributed by atoms with Crippen LogP contribution in [-0.2, 0) is 0 Å². The van der Waals surface area contributed by atoms with Crippen molar-refractivity contribution in [1.82, 2.24) is 4.98 Å². The minimum atomic E-state index is 0.580. The van der Waals surface area contributed by atoms with E-state index in [-0.39, 0.29) is 0 Å². The minimum absolute atomic E-state index is 0.580. The summed E-state index contributed by atoms with van der Waals surface area (Å²) in [6, 6.07) is 15.6. The highest BCUT2D eigenvalue weighted by Crippen LogP contribution is 2.31. The Morgan fingerprint density at radius 3 is 2.36 bits per heavy atom. The fraction of sp³-hybridized carbons (Fsp3) is 0.286. The molecule has 1 aromatic heterocycles. The molecule has 0 aliphatic heterocycles. The van der Waals surface area contributed by atoms with Crippen molar-refractivity contribution in [3.8, 4) is 11.3 Å². The van der Waals surface area contributed by atoms with Crippen molar-refractivity contribution in [3.63, 3.8) is 0 Å². The summed E-state index contributed by atoms with van der Waals surface area (Å²) in [6.07, 6.45) is 3.07. The smallest absolute Gasteiger partial charge is 0.0780 e. The number of rotatable bonds is 3. The van der Waals surface area contributed by atoms with Crippen LogP contribution in [0.3, 0.4) is 0 Å². The van der Waals surface area contributed by atoms with Crippen molar-refractivity contribution >= 4 is 10.8 Å². The van der Waals surface area contributed by atoms with Gasteiger partial charge in [0.1, 0.15) is 0 Å². The Kier molecular flexibility index (Phi) is 3.98. The quantitative estimate of drug-likeness (QED) is 0.573. The van der Waals surface area contributed by atoms with E-state index in [0.717, 1.165) is 12.1 Å². The van der Waals surface area contributed by atoms with Gasteiger partial charge in [-0.3, -0.25) is 4.98 Å². The Hall–Kier alpha value is -2.15. The molecule has 1 heteroatoms. The van der Waals surface area contributed by atoms with Crippen LogP contribution in [0.15, 0.2) is 48.7 Å². The van der Waals surface area contributed by atoms with E-state index in [0.29, 0.717) is 5.92 Å². The number of fused-ring (bicyclic) bond motifs is 1. The second-order valence-corrected chi connectivity index (χ2v) is 6.33. The lowest BCUT2D eigenvalue weighted by atomic mass is 9.94. The van der Waals surface area contributed by atoms with Crippen LogP contribution in [0.25, 0.3) is 22.0 Å². The summed E-state index contributed by atoms with van der Waals surface area (Å²) in [5, 5.41) is 2.52. The Morgan fingerprint density at radius 1 is 0.955 bits per heavy atom. The molecular formula is C21H23N.